The van der Waals surface area contributed by atoms with Crippen molar-refractivity contribution in [1.29, 1.82) is 0 Å². The summed E-state index contributed by atoms with van der Waals surface area (Å²) < 4.78 is 1.09. The first-order chi connectivity index (χ1) is 7.65. The molecule has 1 aromatic carbocycles. The summed E-state index contributed by atoms with van der Waals surface area (Å²) in [4.78, 5) is 5.44. The Kier molecular flexibility index (Phi) is 3.33. The molecule has 2 rings (SSSR count). The number of fused-ring (bicyclic) bond motifs is 1. The van der Waals surface area contributed by atoms with Crippen molar-refractivity contribution in [2.45, 2.75) is 6.04 Å². The molecule has 4 heteroatoms. The number of H-pyrrole nitrogens is 1. The standard InChI is InChI=1S/C12H16BrN3/c1-16(2)11(6-14)9-7-15-12-8(9)4-3-5-10(12)13/h3-5,7,11,15H,6,14H2,1-2H3. The van der Waals surface area contributed by atoms with Crippen LogP contribution in [0.2, 0.25) is 0 Å². The van der Waals surface area contributed by atoms with Gasteiger partial charge < -0.3 is 15.6 Å². The normalized spacial score (nSPS) is 13.6. The van der Waals surface area contributed by atoms with Crippen molar-refractivity contribution < 1.29 is 0 Å². The highest BCUT2D eigenvalue weighted by Crippen LogP contribution is 2.30. The molecule has 1 unspecified atom stereocenters. The van der Waals surface area contributed by atoms with Crippen LogP contribution in [0.25, 0.3) is 10.9 Å². The second-order valence-electron chi connectivity index (χ2n) is 4.12. The number of nitrogens with zero attached hydrogens (tertiary/aromatic N) is 1. The van der Waals surface area contributed by atoms with E-state index < -0.39 is 0 Å². The minimum Gasteiger partial charge on any atom is -0.360 e. The van der Waals surface area contributed by atoms with Gasteiger partial charge in [-0.15, -0.1) is 0 Å². The van der Waals surface area contributed by atoms with E-state index in [1.807, 2.05) is 32.4 Å². The molecular formula is C12H16BrN3. The summed E-state index contributed by atoms with van der Waals surface area (Å²) in [7, 11) is 4.10. The lowest BCUT2D eigenvalue weighted by Gasteiger charge is -2.22. The molecule has 1 heterocycles. The molecule has 0 spiro atoms. The maximum atomic E-state index is 5.83. The molecule has 86 valence electrons. The van der Waals surface area contributed by atoms with Crippen LogP contribution < -0.4 is 5.73 Å². The number of aromatic amines is 1. The Labute approximate surface area is 104 Å². The molecule has 0 bridgehead atoms. The zero-order chi connectivity index (χ0) is 11.7. The summed E-state index contributed by atoms with van der Waals surface area (Å²) in [6.07, 6.45) is 2.05. The van der Waals surface area contributed by atoms with Crippen LogP contribution in [0, 0.1) is 0 Å². The van der Waals surface area contributed by atoms with Crippen LogP contribution in [0.1, 0.15) is 11.6 Å². The van der Waals surface area contributed by atoms with Crippen molar-refractivity contribution in [3.8, 4) is 0 Å². The third-order valence-corrected chi connectivity index (χ3v) is 3.56. The number of nitrogens with one attached hydrogen (secondary N) is 1. The third kappa shape index (κ3) is 1.88. The SMILES string of the molecule is CN(C)C(CN)c1c[nH]c2c(Br)cccc12. The van der Waals surface area contributed by atoms with Crippen LogP contribution in [-0.2, 0) is 0 Å². The van der Waals surface area contributed by atoms with Crippen molar-refractivity contribution in [2.24, 2.45) is 5.73 Å². The number of para-hydroxylation sites is 1. The van der Waals surface area contributed by atoms with Gasteiger partial charge in [-0.2, -0.15) is 0 Å². The van der Waals surface area contributed by atoms with Crippen molar-refractivity contribution in [2.75, 3.05) is 20.6 Å². The second kappa shape index (κ2) is 4.57. The molecule has 0 radical (unpaired) electrons. The van der Waals surface area contributed by atoms with Gasteiger partial charge in [-0.3, -0.25) is 0 Å². The fraction of sp³-hybridized carbons (Fsp3) is 0.333. The molecule has 0 aliphatic rings. The number of hydrogen-bond donors (Lipinski definition) is 2. The highest BCUT2D eigenvalue weighted by molar-refractivity contribution is 9.10. The fourth-order valence-corrected chi connectivity index (χ4v) is 2.51. The molecule has 3 nitrogen and oxygen atoms in total. The molecule has 2 aromatic rings. The van der Waals surface area contributed by atoms with Gasteiger partial charge in [0.25, 0.3) is 0 Å². The highest BCUT2D eigenvalue weighted by atomic mass is 79.9. The Bertz CT molecular complexity index is 490. The van der Waals surface area contributed by atoms with E-state index in [1.165, 1.54) is 10.9 Å². The average molecular weight is 282 g/mol. The summed E-state index contributed by atoms with van der Waals surface area (Å²) >= 11 is 3.54. The summed E-state index contributed by atoms with van der Waals surface area (Å²) in [5, 5.41) is 1.23. The van der Waals surface area contributed by atoms with Gasteiger partial charge in [-0.25, -0.2) is 0 Å². The molecule has 0 saturated carbocycles. The summed E-state index contributed by atoms with van der Waals surface area (Å²) in [6, 6.07) is 6.46. The number of hydrogen-bond acceptors (Lipinski definition) is 2. The molecule has 0 amide bonds. The van der Waals surface area contributed by atoms with E-state index in [2.05, 4.69) is 31.9 Å². The van der Waals surface area contributed by atoms with E-state index in [-0.39, 0.29) is 6.04 Å². The first-order valence-electron chi connectivity index (χ1n) is 5.27. The van der Waals surface area contributed by atoms with Crippen molar-refractivity contribution in [1.82, 2.24) is 9.88 Å². The number of likely N-dealkylation sites (N-methyl/N-ethyl adjacent to an activating group) is 1. The minimum absolute atomic E-state index is 0.253. The predicted octanol–water partition coefficient (Wildman–Crippen LogP) is 2.49. The molecule has 0 aliphatic carbocycles. The molecule has 0 fully saturated rings. The first-order valence-corrected chi connectivity index (χ1v) is 6.06. The third-order valence-electron chi connectivity index (χ3n) is 2.90. The fourth-order valence-electron chi connectivity index (χ4n) is 2.03. The number of rotatable bonds is 3. The van der Waals surface area contributed by atoms with Gasteiger partial charge in [-0.05, 0) is 41.7 Å². The van der Waals surface area contributed by atoms with Crippen LogP contribution >= 0.6 is 15.9 Å². The largest absolute Gasteiger partial charge is 0.360 e. The Morgan fingerprint density at radius 2 is 2.19 bits per heavy atom. The number of halogens is 1. The Hall–Kier alpha value is -0.840. The van der Waals surface area contributed by atoms with Crippen LogP contribution in [0.3, 0.4) is 0 Å². The maximum Gasteiger partial charge on any atom is 0.0601 e. The van der Waals surface area contributed by atoms with Gasteiger partial charge in [-0.1, -0.05) is 12.1 Å². The van der Waals surface area contributed by atoms with Crippen LogP contribution in [0.4, 0.5) is 0 Å². The van der Waals surface area contributed by atoms with E-state index in [1.54, 1.807) is 0 Å². The van der Waals surface area contributed by atoms with E-state index in [0.717, 1.165) is 9.99 Å². The highest BCUT2D eigenvalue weighted by Gasteiger charge is 2.16. The zero-order valence-electron chi connectivity index (χ0n) is 9.50. The van der Waals surface area contributed by atoms with Gasteiger partial charge in [0, 0.05) is 28.6 Å². The lowest BCUT2D eigenvalue weighted by atomic mass is 10.1. The first kappa shape index (κ1) is 11.6. The van der Waals surface area contributed by atoms with Crippen LogP contribution in [-0.4, -0.2) is 30.5 Å². The summed E-state index contributed by atoms with van der Waals surface area (Å²) in [5.41, 5.74) is 8.22. The van der Waals surface area contributed by atoms with E-state index in [9.17, 15) is 0 Å². The smallest absolute Gasteiger partial charge is 0.0601 e. The molecule has 0 aliphatic heterocycles. The molecular weight excluding hydrogens is 266 g/mol. The number of nitrogens with two attached hydrogens (primary N) is 1. The van der Waals surface area contributed by atoms with Crippen molar-refractivity contribution in [3.63, 3.8) is 0 Å². The van der Waals surface area contributed by atoms with Gasteiger partial charge in [0.05, 0.1) is 5.52 Å². The Morgan fingerprint density at radius 1 is 1.44 bits per heavy atom. The van der Waals surface area contributed by atoms with Crippen LogP contribution in [0.15, 0.2) is 28.9 Å². The van der Waals surface area contributed by atoms with E-state index >= 15 is 0 Å². The van der Waals surface area contributed by atoms with E-state index in [0.29, 0.717) is 6.54 Å². The Balaban J connectivity index is 2.57. The summed E-state index contributed by atoms with van der Waals surface area (Å²) in [5.74, 6) is 0. The molecule has 16 heavy (non-hydrogen) atoms. The summed E-state index contributed by atoms with van der Waals surface area (Å²) in [6.45, 7) is 0.618. The molecule has 3 N–H and O–H groups in total. The quantitative estimate of drug-likeness (QED) is 0.908. The number of aromatic nitrogens is 1. The predicted molar refractivity (Wildman–Crippen MR) is 71.5 cm³/mol. The van der Waals surface area contributed by atoms with E-state index in [4.69, 9.17) is 5.73 Å². The van der Waals surface area contributed by atoms with Gasteiger partial charge >= 0.3 is 0 Å². The average Bonchev–Trinajstić information content (AvgIpc) is 2.64. The minimum atomic E-state index is 0.253. The number of benzene rings is 1. The van der Waals surface area contributed by atoms with Crippen LogP contribution in [0.5, 0.6) is 0 Å². The molecule has 0 saturated heterocycles. The lowest BCUT2D eigenvalue weighted by molar-refractivity contribution is 0.308. The van der Waals surface area contributed by atoms with Gasteiger partial charge in [0.2, 0.25) is 0 Å². The molecule has 1 aromatic heterocycles. The topological polar surface area (TPSA) is 45.0 Å². The Morgan fingerprint density at radius 3 is 2.81 bits per heavy atom. The van der Waals surface area contributed by atoms with Crippen molar-refractivity contribution >= 4 is 26.8 Å². The lowest BCUT2D eigenvalue weighted by Crippen LogP contribution is -2.26. The second-order valence-corrected chi connectivity index (χ2v) is 4.98. The zero-order valence-corrected chi connectivity index (χ0v) is 11.1. The molecule has 1 atom stereocenters. The van der Waals surface area contributed by atoms with Crippen molar-refractivity contribution in [3.05, 3.63) is 34.4 Å². The monoisotopic (exact) mass is 281 g/mol. The maximum absolute atomic E-state index is 5.83. The van der Waals surface area contributed by atoms with Gasteiger partial charge in [0.15, 0.2) is 0 Å². The van der Waals surface area contributed by atoms with Gasteiger partial charge in [0.1, 0.15) is 0 Å².